The fourth-order valence-corrected chi connectivity index (χ4v) is 2.90. The molecule has 0 saturated heterocycles. The number of fused-ring (bicyclic) bond motifs is 1. The van der Waals surface area contributed by atoms with Crippen LogP contribution in [-0.4, -0.2) is 29.3 Å². The SMILES string of the molecule is CCOC(=O)C[C@H](c1ccccc1)N1C(=O)c2ccccc2C1=O. The van der Waals surface area contributed by atoms with Crippen LogP contribution in [0.3, 0.4) is 0 Å². The second-order valence-electron chi connectivity index (χ2n) is 5.46. The number of hydrogen-bond acceptors (Lipinski definition) is 4. The van der Waals surface area contributed by atoms with Gasteiger partial charge in [0, 0.05) is 0 Å². The predicted molar refractivity (Wildman–Crippen MR) is 87.4 cm³/mol. The maximum absolute atomic E-state index is 12.7. The van der Waals surface area contributed by atoms with Crippen LogP contribution >= 0.6 is 0 Å². The molecule has 122 valence electrons. The topological polar surface area (TPSA) is 63.7 Å². The van der Waals surface area contributed by atoms with Gasteiger partial charge in [0.15, 0.2) is 0 Å². The highest BCUT2D eigenvalue weighted by Gasteiger charge is 2.41. The van der Waals surface area contributed by atoms with Crippen molar-refractivity contribution >= 4 is 17.8 Å². The number of nitrogens with zero attached hydrogens (tertiary/aromatic N) is 1. The van der Waals surface area contributed by atoms with E-state index in [1.165, 1.54) is 0 Å². The van der Waals surface area contributed by atoms with E-state index >= 15 is 0 Å². The number of amides is 2. The Hall–Kier alpha value is -2.95. The Balaban J connectivity index is 1.99. The third-order valence-corrected chi connectivity index (χ3v) is 3.99. The summed E-state index contributed by atoms with van der Waals surface area (Å²) in [5, 5.41) is 0. The minimum Gasteiger partial charge on any atom is -0.466 e. The van der Waals surface area contributed by atoms with Crippen molar-refractivity contribution in [3.8, 4) is 0 Å². The van der Waals surface area contributed by atoms with E-state index in [1.807, 2.05) is 18.2 Å². The first-order chi connectivity index (χ1) is 11.6. The Bertz CT molecular complexity index is 750. The van der Waals surface area contributed by atoms with Gasteiger partial charge in [-0.1, -0.05) is 42.5 Å². The van der Waals surface area contributed by atoms with Gasteiger partial charge in [-0.25, -0.2) is 0 Å². The lowest BCUT2D eigenvalue weighted by molar-refractivity contribution is -0.144. The molecule has 1 aliphatic rings. The highest BCUT2D eigenvalue weighted by atomic mass is 16.5. The molecule has 5 heteroatoms. The van der Waals surface area contributed by atoms with E-state index in [4.69, 9.17) is 4.74 Å². The summed E-state index contributed by atoms with van der Waals surface area (Å²) < 4.78 is 5.01. The number of ether oxygens (including phenoxy) is 1. The number of carbonyl (C=O) groups is 3. The molecule has 0 N–H and O–H groups in total. The Morgan fingerprint density at radius 1 is 0.958 bits per heavy atom. The molecule has 1 heterocycles. The molecule has 1 atom stereocenters. The lowest BCUT2D eigenvalue weighted by Gasteiger charge is -2.26. The molecule has 0 aromatic heterocycles. The quantitative estimate of drug-likeness (QED) is 0.627. The monoisotopic (exact) mass is 323 g/mol. The van der Waals surface area contributed by atoms with Crippen molar-refractivity contribution in [1.82, 2.24) is 4.90 Å². The van der Waals surface area contributed by atoms with Gasteiger partial charge < -0.3 is 4.74 Å². The number of rotatable bonds is 5. The Morgan fingerprint density at radius 2 is 1.50 bits per heavy atom. The fraction of sp³-hybridized carbons (Fsp3) is 0.211. The van der Waals surface area contributed by atoms with Gasteiger partial charge in [0.2, 0.25) is 0 Å². The summed E-state index contributed by atoms with van der Waals surface area (Å²) in [7, 11) is 0. The van der Waals surface area contributed by atoms with Crippen molar-refractivity contribution in [2.45, 2.75) is 19.4 Å². The molecular weight excluding hydrogens is 306 g/mol. The maximum atomic E-state index is 12.7. The van der Waals surface area contributed by atoms with E-state index in [0.717, 1.165) is 10.5 Å². The van der Waals surface area contributed by atoms with Crippen molar-refractivity contribution in [2.24, 2.45) is 0 Å². The maximum Gasteiger partial charge on any atom is 0.308 e. The Morgan fingerprint density at radius 3 is 2.04 bits per heavy atom. The summed E-state index contributed by atoms with van der Waals surface area (Å²) in [5.74, 6) is -1.20. The van der Waals surface area contributed by atoms with Crippen molar-refractivity contribution < 1.29 is 19.1 Å². The zero-order valence-corrected chi connectivity index (χ0v) is 13.3. The molecule has 2 aromatic rings. The minimum atomic E-state index is -0.683. The van der Waals surface area contributed by atoms with Crippen LogP contribution < -0.4 is 0 Å². The number of hydrogen-bond donors (Lipinski definition) is 0. The van der Waals surface area contributed by atoms with Crippen LogP contribution in [0.1, 0.15) is 45.7 Å². The van der Waals surface area contributed by atoms with Crippen LogP contribution in [0.5, 0.6) is 0 Å². The Kier molecular flexibility index (Phi) is 4.42. The fourth-order valence-electron chi connectivity index (χ4n) is 2.90. The third kappa shape index (κ3) is 2.80. The van der Waals surface area contributed by atoms with Gasteiger partial charge in [0.1, 0.15) is 0 Å². The summed E-state index contributed by atoms with van der Waals surface area (Å²) in [4.78, 5) is 38.6. The summed E-state index contributed by atoms with van der Waals surface area (Å²) >= 11 is 0. The summed E-state index contributed by atoms with van der Waals surface area (Å²) in [6, 6.07) is 15.1. The van der Waals surface area contributed by atoms with E-state index in [1.54, 1.807) is 43.3 Å². The largest absolute Gasteiger partial charge is 0.466 e. The summed E-state index contributed by atoms with van der Waals surface area (Å²) in [5.41, 5.74) is 1.46. The van der Waals surface area contributed by atoms with Crippen LogP contribution in [0.2, 0.25) is 0 Å². The minimum absolute atomic E-state index is 0.0661. The normalized spacial score (nSPS) is 14.5. The highest BCUT2D eigenvalue weighted by Crippen LogP contribution is 2.33. The van der Waals surface area contributed by atoms with Crippen LogP contribution in [0.4, 0.5) is 0 Å². The van der Waals surface area contributed by atoms with Gasteiger partial charge in [-0.05, 0) is 24.6 Å². The lowest BCUT2D eigenvalue weighted by Crippen LogP contribution is -2.35. The van der Waals surface area contributed by atoms with E-state index in [-0.39, 0.29) is 24.8 Å². The number of esters is 1. The standard InChI is InChI=1S/C19H17NO4/c1-2-24-17(21)12-16(13-8-4-3-5-9-13)20-18(22)14-10-6-7-11-15(14)19(20)23/h3-11,16H,2,12H2,1H3/t16-/m1/s1. The van der Waals surface area contributed by atoms with Gasteiger partial charge in [-0.2, -0.15) is 0 Å². The molecule has 0 unspecified atom stereocenters. The number of imide groups is 1. The molecule has 1 aliphatic heterocycles. The van der Waals surface area contributed by atoms with E-state index in [0.29, 0.717) is 11.1 Å². The molecule has 5 nitrogen and oxygen atoms in total. The van der Waals surface area contributed by atoms with Crippen LogP contribution in [0.25, 0.3) is 0 Å². The molecule has 0 aliphatic carbocycles. The molecule has 2 amide bonds. The van der Waals surface area contributed by atoms with Crippen molar-refractivity contribution in [1.29, 1.82) is 0 Å². The van der Waals surface area contributed by atoms with Gasteiger partial charge in [-0.15, -0.1) is 0 Å². The molecule has 0 bridgehead atoms. The van der Waals surface area contributed by atoms with E-state index in [9.17, 15) is 14.4 Å². The van der Waals surface area contributed by atoms with Crippen molar-refractivity contribution in [3.63, 3.8) is 0 Å². The van der Waals surface area contributed by atoms with E-state index in [2.05, 4.69) is 0 Å². The van der Waals surface area contributed by atoms with Gasteiger partial charge in [-0.3, -0.25) is 19.3 Å². The van der Waals surface area contributed by atoms with Gasteiger partial charge in [0.05, 0.1) is 30.2 Å². The smallest absolute Gasteiger partial charge is 0.308 e. The highest BCUT2D eigenvalue weighted by molar-refractivity contribution is 6.21. The van der Waals surface area contributed by atoms with E-state index < -0.39 is 12.0 Å². The van der Waals surface area contributed by atoms with Crippen LogP contribution in [-0.2, 0) is 9.53 Å². The van der Waals surface area contributed by atoms with Crippen LogP contribution in [0.15, 0.2) is 54.6 Å². The first kappa shape index (κ1) is 15.9. The third-order valence-electron chi connectivity index (χ3n) is 3.99. The average Bonchev–Trinajstić information content (AvgIpc) is 2.86. The molecule has 2 aromatic carbocycles. The number of benzene rings is 2. The lowest BCUT2D eigenvalue weighted by atomic mass is 10.0. The molecule has 0 spiro atoms. The van der Waals surface area contributed by atoms with Crippen molar-refractivity contribution in [2.75, 3.05) is 6.61 Å². The first-order valence-electron chi connectivity index (χ1n) is 7.81. The predicted octanol–water partition coefficient (Wildman–Crippen LogP) is 2.98. The summed E-state index contributed by atoms with van der Waals surface area (Å²) in [6.45, 7) is 1.97. The molecule has 24 heavy (non-hydrogen) atoms. The zero-order valence-electron chi connectivity index (χ0n) is 13.3. The average molecular weight is 323 g/mol. The second kappa shape index (κ2) is 6.66. The van der Waals surface area contributed by atoms with Gasteiger partial charge in [0.25, 0.3) is 11.8 Å². The molecule has 0 radical (unpaired) electrons. The molecule has 0 fully saturated rings. The van der Waals surface area contributed by atoms with Gasteiger partial charge >= 0.3 is 5.97 Å². The molecular formula is C19H17NO4. The first-order valence-corrected chi connectivity index (χ1v) is 7.81. The summed E-state index contributed by atoms with van der Waals surface area (Å²) in [6.07, 6.45) is -0.0661. The zero-order chi connectivity index (χ0) is 17.1. The number of carbonyl (C=O) groups excluding carboxylic acids is 3. The molecule has 0 saturated carbocycles. The van der Waals surface area contributed by atoms with Crippen LogP contribution in [0, 0.1) is 0 Å². The van der Waals surface area contributed by atoms with Crippen molar-refractivity contribution in [3.05, 3.63) is 71.3 Å². The Labute approximate surface area is 139 Å². The molecule has 3 rings (SSSR count). The second-order valence-corrected chi connectivity index (χ2v) is 5.46.